The van der Waals surface area contributed by atoms with E-state index in [9.17, 15) is 8.42 Å². The van der Waals surface area contributed by atoms with Crippen LogP contribution in [-0.4, -0.2) is 19.9 Å². The van der Waals surface area contributed by atoms with E-state index in [2.05, 4.69) is 9.71 Å². The number of nitrogens with one attached hydrogen (secondary N) is 1. The van der Waals surface area contributed by atoms with Crippen molar-refractivity contribution in [2.45, 2.75) is 10.8 Å². The molecule has 4 rings (SSSR count). The number of fused-ring (bicyclic) bond motifs is 1. The Morgan fingerprint density at radius 3 is 2.27 bits per heavy atom. The molecule has 0 atom stereocenters. The summed E-state index contributed by atoms with van der Waals surface area (Å²) in [6.45, 7) is 0.104. The summed E-state index contributed by atoms with van der Waals surface area (Å²) in [4.78, 5) is 4.36. The lowest BCUT2D eigenvalue weighted by atomic mass is 10.0. The van der Waals surface area contributed by atoms with Gasteiger partial charge in [-0.3, -0.25) is 4.98 Å². The average molecular weight is 368 g/mol. The van der Waals surface area contributed by atoms with Gasteiger partial charge < -0.3 is 8.83 Å². The number of hydrogen-bond donors (Lipinski definition) is 1. The molecule has 0 saturated carbocycles. The zero-order valence-corrected chi connectivity index (χ0v) is 14.5. The third-order valence-electron chi connectivity index (χ3n) is 4.14. The molecule has 0 aliphatic carbocycles. The van der Waals surface area contributed by atoms with Crippen molar-refractivity contribution in [3.05, 3.63) is 84.8 Å². The van der Waals surface area contributed by atoms with Crippen LogP contribution in [0.1, 0.15) is 17.4 Å². The van der Waals surface area contributed by atoms with Crippen molar-refractivity contribution in [3.63, 3.8) is 0 Å². The standard InChI is InChI=1S/C19H16N2O4S/c22-26(23,18-9-1-5-14-6-2-10-20-19(14)18)21-13-15(16-7-3-11-24-16)17-8-4-12-25-17/h1-12,15,21H,13H2. The first kappa shape index (κ1) is 16.6. The van der Waals surface area contributed by atoms with Crippen molar-refractivity contribution >= 4 is 20.9 Å². The van der Waals surface area contributed by atoms with Crippen LogP contribution >= 0.6 is 0 Å². The number of nitrogens with zero attached hydrogens (tertiary/aromatic N) is 1. The predicted octanol–water partition coefficient (Wildman–Crippen LogP) is 3.53. The van der Waals surface area contributed by atoms with E-state index in [1.54, 1.807) is 61.2 Å². The van der Waals surface area contributed by atoms with Crippen LogP contribution < -0.4 is 4.72 Å². The van der Waals surface area contributed by atoms with Crippen molar-refractivity contribution in [1.29, 1.82) is 0 Å². The molecule has 0 radical (unpaired) electrons. The fraction of sp³-hybridized carbons (Fsp3) is 0.105. The Balaban J connectivity index is 1.65. The van der Waals surface area contributed by atoms with Crippen molar-refractivity contribution in [3.8, 4) is 0 Å². The van der Waals surface area contributed by atoms with Gasteiger partial charge in [0.15, 0.2) is 0 Å². The third-order valence-corrected chi connectivity index (χ3v) is 5.59. The molecular weight excluding hydrogens is 352 g/mol. The highest BCUT2D eigenvalue weighted by Crippen LogP contribution is 2.26. The number of furan rings is 2. The molecule has 3 aromatic heterocycles. The summed E-state index contributed by atoms with van der Waals surface area (Å²) >= 11 is 0. The van der Waals surface area contributed by atoms with E-state index in [1.807, 2.05) is 12.1 Å². The lowest BCUT2D eigenvalue weighted by Gasteiger charge is -2.14. The van der Waals surface area contributed by atoms with Crippen LogP contribution in [0.3, 0.4) is 0 Å². The second-order valence-corrected chi connectivity index (χ2v) is 7.50. The van der Waals surface area contributed by atoms with Gasteiger partial charge in [0.05, 0.1) is 24.0 Å². The fourth-order valence-corrected chi connectivity index (χ4v) is 4.11. The number of para-hydroxylation sites is 1. The van der Waals surface area contributed by atoms with E-state index < -0.39 is 10.0 Å². The molecule has 0 amide bonds. The number of aromatic nitrogens is 1. The zero-order valence-electron chi connectivity index (χ0n) is 13.7. The molecule has 0 aliphatic rings. The number of rotatable bonds is 6. The van der Waals surface area contributed by atoms with Crippen molar-refractivity contribution < 1.29 is 17.3 Å². The lowest BCUT2D eigenvalue weighted by Crippen LogP contribution is -2.29. The van der Waals surface area contributed by atoms with E-state index in [-0.39, 0.29) is 17.4 Å². The first-order chi connectivity index (χ1) is 12.6. The Bertz CT molecular complexity index is 1060. The maximum absolute atomic E-state index is 12.9. The molecule has 4 aromatic rings. The summed E-state index contributed by atoms with van der Waals surface area (Å²) in [7, 11) is -3.76. The van der Waals surface area contributed by atoms with Gasteiger partial charge >= 0.3 is 0 Å². The second kappa shape index (κ2) is 6.78. The molecule has 7 heteroatoms. The summed E-state index contributed by atoms with van der Waals surface area (Å²) in [6.07, 6.45) is 4.68. The predicted molar refractivity (Wildman–Crippen MR) is 96.2 cm³/mol. The van der Waals surface area contributed by atoms with Gasteiger partial charge in [0.1, 0.15) is 16.4 Å². The molecule has 6 nitrogen and oxygen atoms in total. The second-order valence-electron chi connectivity index (χ2n) is 5.77. The molecule has 0 spiro atoms. The molecule has 26 heavy (non-hydrogen) atoms. The largest absolute Gasteiger partial charge is 0.469 e. The Labute approximate surface area is 150 Å². The summed E-state index contributed by atoms with van der Waals surface area (Å²) < 4.78 is 39.3. The van der Waals surface area contributed by atoms with Crippen LogP contribution in [0.2, 0.25) is 0 Å². The number of benzene rings is 1. The Morgan fingerprint density at radius 2 is 1.62 bits per heavy atom. The van der Waals surface area contributed by atoms with Gasteiger partial charge in [-0.1, -0.05) is 18.2 Å². The normalized spacial score (nSPS) is 12.0. The molecule has 1 aromatic carbocycles. The highest BCUT2D eigenvalue weighted by atomic mass is 32.2. The monoisotopic (exact) mass is 368 g/mol. The smallest absolute Gasteiger partial charge is 0.242 e. The van der Waals surface area contributed by atoms with Crippen molar-refractivity contribution in [1.82, 2.24) is 9.71 Å². The van der Waals surface area contributed by atoms with Gasteiger partial charge in [-0.05, 0) is 36.4 Å². The van der Waals surface area contributed by atoms with Crippen LogP contribution in [0.4, 0.5) is 0 Å². The SMILES string of the molecule is O=S(=O)(NCC(c1ccco1)c1ccco1)c1cccc2cccnc12. The first-order valence-electron chi connectivity index (χ1n) is 8.05. The van der Waals surface area contributed by atoms with Crippen LogP contribution in [0.5, 0.6) is 0 Å². The topological polar surface area (TPSA) is 85.3 Å². The van der Waals surface area contributed by atoms with E-state index in [0.29, 0.717) is 17.0 Å². The molecule has 1 N–H and O–H groups in total. The van der Waals surface area contributed by atoms with Gasteiger partial charge in [0, 0.05) is 18.1 Å². The van der Waals surface area contributed by atoms with Gasteiger partial charge in [0.2, 0.25) is 10.0 Å². The van der Waals surface area contributed by atoms with Gasteiger partial charge in [-0.25, -0.2) is 13.1 Å². The first-order valence-corrected chi connectivity index (χ1v) is 9.54. The summed E-state index contributed by atoms with van der Waals surface area (Å²) in [5.41, 5.74) is 0.440. The molecule has 0 unspecified atom stereocenters. The van der Waals surface area contributed by atoms with Crippen LogP contribution in [-0.2, 0) is 10.0 Å². The summed E-state index contributed by atoms with van der Waals surface area (Å²) in [5, 5.41) is 0.768. The van der Waals surface area contributed by atoms with Crippen LogP contribution in [0.15, 0.2) is 87.1 Å². The highest BCUT2D eigenvalue weighted by molar-refractivity contribution is 7.89. The molecule has 0 saturated heterocycles. The Hall–Kier alpha value is -2.90. The third kappa shape index (κ3) is 3.14. The lowest BCUT2D eigenvalue weighted by molar-refractivity contribution is 0.424. The quantitative estimate of drug-likeness (QED) is 0.563. The molecule has 0 bridgehead atoms. The van der Waals surface area contributed by atoms with Crippen molar-refractivity contribution in [2.75, 3.05) is 6.54 Å². The van der Waals surface area contributed by atoms with E-state index >= 15 is 0 Å². The summed E-state index contributed by atoms with van der Waals surface area (Å²) in [6, 6.07) is 15.8. The van der Waals surface area contributed by atoms with E-state index in [1.165, 1.54) is 0 Å². The minimum atomic E-state index is -3.76. The van der Waals surface area contributed by atoms with Crippen molar-refractivity contribution in [2.24, 2.45) is 0 Å². The Morgan fingerprint density at radius 1 is 0.923 bits per heavy atom. The molecular formula is C19H16N2O4S. The molecule has 3 heterocycles. The molecule has 132 valence electrons. The highest BCUT2D eigenvalue weighted by Gasteiger charge is 2.24. The Kier molecular flexibility index (Phi) is 4.32. The minimum absolute atomic E-state index is 0.104. The van der Waals surface area contributed by atoms with Gasteiger partial charge in [0.25, 0.3) is 0 Å². The van der Waals surface area contributed by atoms with Crippen LogP contribution in [0.25, 0.3) is 10.9 Å². The maximum Gasteiger partial charge on any atom is 0.242 e. The van der Waals surface area contributed by atoms with E-state index in [4.69, 9.17) is 8.83 Å². The zero-order chi connectivity index (χ0) is 18.0. The summed E-state index contributed by atoms with van der Waals surface area (Å²) in [5.74, 6) is 0.884. The number of hydrogen-bond acceptors (Lipinski definition) is 5. The van der Waals surface area contributed by atoms with Gasteiger partial charge in [-0.15, -0.1) is 0 Å². The van der Waals surface area contributed by atoms with Crippen LogP contribution in [0, 0.1) is 0 Å². The number of pyridine rings is 1. The number of sulfonamides is 1. The molecule has 0 fully saturated rings. The van der Waals surface area contributed by atoms with Gasteiger partial charge in [-0.2, -0.15) is 0 Å². The fourth-order valence-electron chi connectivity index (χ4n) is 2.88. The molecule has 0 aliphatic heterocycles. The average Bonchev–Trinajstić information content (AvgIpc) is 3.36. The van der Waals surface area contributed by atoms with E-state index in [0.717, 1.165) is 5.39 Å². The minimum Gasteiger partial charge on any atom is -0.469 e. The maximum atomic E-state index is 12.9.